The summed E-state index contributed by atoms with van der Waals surface area (Å²) in [7, 11) is 0. The normalized spacial score (nSPS) is 20.0. The molecule has 4 nitrogen and oxygen atoms in total. The number of likely N-dealkylation sites (tertiary alicyclic amines) is 1. The van der Waals surface area contributed by atoms with E-state index in [1.807, 2.05) is 24.0 Å². The Balaban J connectivity index is 1.80. The Labute approximate surface area is 126 Å². The molecule has 0 radical (unpaired) electrons. The molecule has 2 heterocycles. The third-order valence-electron chi connectivity index (χ3n) is 4.76. The Morgan fingerprint density at radius 2 is 1.90 bits per heavy atom. The summed E-state index contributed by atoms with van der Waals surface area (Å²) in [4.78, 5) is 17.0. The van der Waals surface area contributed by atoms with E-state index in [0.29, 0.717) is 0 Å². The van der Waals surface area contributed by atoms with Gasteiger partial charge >= 0.3 is 0 Å². The number of rotatable bonds is 2. The Morgan fingerprint density at radius 3 is 2.67 bits per heavy atom. The summed E-state index contributed by atoms with van der Waals surface area (Å²) in [6, 6.07) is 5.99. The molecule has 3 rings (SSSR count). The molecular formula is C17H25N3O. The minimum absolute atomic E-state index is 0.0936. The molecule has 0 spiro atoms. The number of aryl methyl sites for hydroxylation is 1. The fourth-order valence-corrected chi connectivity index (χ4v) is 3.53. The molecule has 1 saturated heterocycles. The fraction of sp³-hybridized carbons (Fsp3) is 0.588. The van der Waals surface area contributed by atoms with Gasteiger partial charge in [0.2, 0.25) is 5.91 Å². The van der Waals surface area contributed by atoms with Crippen molar-refractivity contribution in [1.29, 1.82) is 0 Å². The first-order chi connectivity index (χ1) is 10.2. The van der Waals surface area contributed by atoms with E-state index in [0.717, 1.165) is 56.7 Å². The van der Waals surface area contributed by atoms with Crippen LogP contribution < -0.4 is 10.6 Å². The summed E-state index contributed by atoms with van der Waals surface area (Å²) in [6.07, 6.45) is 5.72. The van der Waals surface area contributed by atoms with Crippen molar-refractivity contribution >= 4 is 17.3 Å². The van der Waals surface area contributed by atoms with Crippen LogP contribution in [0.4, 0.5) is 11.4 Å². The van der Waals surface area contributed by atoms with E-state index in [1.54, 1.807) is 0 Å². The number of anilines is 2. The highest BCUT2D eigenvalue weighted by Crippen LogP contribution is 2.31. The van der Waals surface area contributed by atoms with Gasteiger partial charge in [0.15, 0.2) is 0 Å². The quantitative estimate of drug-likeness (QED) is 0.850. The van der Waals surface area contributed by atoms with E-state index in [2.05, 4.69) is 11.0 Å². The van der Waals surface area contributed by atoms with Crippen LogP contribution in [0.3, 0.4) is 0 Å². The second-order valence-corrected chi connectivity index (χ2v) is 6.25. The number of nitrogens with zero attached hydrogens (tertiary/aromatic N) is 2. The lowest BCUT2D eigenvalue weighted by molar-refractivity contribution is -0.133. The lowest BCUT2D eigenvalue weighted by atomic mass is 9.99. The summed E-state index contributed by atoms with van der Waals surface area (Å²) < 4.78 is 0. The molecule has 114 valence electrons. The molecule has 1 fully saturated rings. The maximum atomic E-state index is 12.7. The van der Waals surface area contributed by atoms with Gasteiger partial charge in [0.1, 0.15) is 6.04 Å². The number of carbonyl (C=O) groups excluding carboxylic acids is 1. The van der Waals surface area contributed by atoms with Gasteiger partial charge in [0.25, 0.3) is 0 Å². The van der Waals surface area contributed by atoms with Gasteiger partial charge in [-0.25, -0.2) is 0 Å². The predicted molar refractivity (Wildman–Crippen MR) is 86.4 cm³/mol. The van der Waals surface area contributed by atoms with Crippen LogP contribution in [0.25, 0.3) is 0 Å². The Kier molecular flexibility index (Phi) is 4.04. The van der Waals surface area contributed by atoms with Crippen LogP contribution in [0.2, 0.25) is 0 Å². The second-order valence-electron chi connectivity index (χ2n) is 6.25. The van der Waals surface area contributed by atoms with Crippen LogP contribution in [-0.4, -0.2) is 36.5 Å². The van der Waals surface area contributed by atoms with Gasteiger partial charge in [0.05, 0.1) is 0 Å². The monoisotopic (exact) mass is 287 g/mol. The number of nitrogen functional groups attached to an aromatic ring is 1. The summed E-state index contributed by atoms with van der Waals surface area (Å²) in [5.41, 5.74) is 9.18. The molecule has 21 heavy (non-hydrogen) atoms. The average Bonchev–Trinajstić information content (AvgIpc) is 2.53. The number of benzene rings is 1. The zero-order valence-electron chi connectivity index (χ0n) is 12.8. The minimum Gasteiger partial charge on any atom is -0.399 e. The van der Waals surface area contributed by atoms with Gasteiger partial charge in [-0.1, -0.05) is 6.07 Å². The van der Waals surface area contributed by atoms with E-state index in [4.69, 9.17) is 5.73 Å². The lowest BCUT2D eigenvalue weighted by Crippen LogP contribution is -2.50. The summed E-state index contributed by atoms with van der Waals surface area (Å²) in [5.74, 6) is 0.268. The molecule has 1 aromatic rings. The number of hydrogen-bond acceptors (Lipinski definition) is 3. The summed E-state index contributed by atoms with van der Waals surface area (Å²) in [5, 5.41) is 0. The molecule has 1 unspecified atom stereocenters. The van der Waals surface area contributed by atoms with E-state index in [9.17, 15) is 4.79 Å². The van der Waals surface area contributed by atoms with Crippen LogP contribution in [0.1, 0.15) is 38.2 Å². The lowest BCUT2D eigenvalue weighted by Gasteiger charge is -2.38. The third kappa shape index (κ3) is 2.85. The molecule has 1 aromatic carbocycles. The molecule has 2 aliphatic heterocycles. The first-order valence-corrected chi connectivity index (χ1v) is 8.10. The van der Waals surface area contributed by atoms with Crippen molar-refractivity contribution < 1.29 is 4.79 Å². The smallest absolute Gasteiger partial charge is 0.244 e. The maximum Gasteiger partial charge on any atom is 0.244 e. The number of hydrogen-bond donors (Lipinski definition) is 1. The molecule has 0 aliphatic carbocycles. The molecule has 2 N–H and O–H groups in total. The van der Waals surface area contributed by atoms with Gasteiger partial charge in [-0.2, -0.15) is 0 Å². The fourth-order valence-electron chi connectivity index (χ4n) is 3.53. The molecule has 1 amide bonds. The van der Waals surface area contributed by atoms with Crippen LogP contribution in [0, 0.1) is 0 Å². The zero-order chi connectivity index (χ0) is 14.8. The average molecular weight is 287 g/mol. The molecule has 4 heteroatoms. The van der Waals surface area contributed by atoms with Crippen molar-refractivity contribution in [2.45, 2.75) is 45.1 Å². The third-order valence-corrected chi connectivity index (χ3v) is 4.76. The summed E-state index contributed by atoms with van der Waals surface area (Å²) in [6.45, 7) is 4.81. The van der Waals surface area contributed by atoms with Crippen molar-refractivity contribution in [3.8, 4) is 0 Å². The topological polar surface area (TPSA) is 49.6 Å². The highest BCUT2D eigenvalue weighted by atomic mass is 16.2. The molecule has 0 aromatic heterocycles. The Morgan fingerprint density at radius 1 is 1.14 bits per heavy atom. The van der Waals surface area contributed by atoms with Crippen molar-refractivity contribution in [3.05, 3.63) is 23.8 Å². The van der Waals surface area contributed by atoms with Crippen LogP contribution >= 0.6 is 0 Å². The van der Waals surface area contributed by atoms with Gasteiger partial charge in [-0.3, -0.25) is 4.79 Å². The molecule has 1 atom stereocenters. The molecule has 0 bridgehead atoms. The Hall–Kier alpha value is -1.71. The van der Waals surface area contributed by atoms with E-state index >= 15 is 0 Å². The van der Waals surface area contributed by atoms with Crippen molar-refractivity contribution in [1.82, 2.24) is 4.90 Å². The van der Waals surface area contributed by atoms with Crippen LogP contribution in [-0.2, 0) is 11.2 Å². The number of nitrogens with two attached hydrogens (primary N) is 1. The SMILES string of the molecule is CC(C(=O)N1CCCCC1)N1CCCc2ccc(N)cc21. The van der Waals surface area contributed by atoms with Crippen molar-refractivity contribution in [3.63, 3.8) is 0 Å². The number of carbonyl (C=O) groups is 1. The first kappa shape index (κ1) is 14.2. The number of piperidine rings is 1. The number of amides is 1. The van der Waals surface area contributed by atoms with Gasteiger partial charge in [0, 0.05) is 31.0 Å². The van der Waals surface area contributed by atoms with Gasteiger partial charge in [-0.05, 0) is 56.7 Å². The van der Waals surface area contributed by atoms with E-state index < -0.39 is 0 Å². The zero-order valence-corrected chi connectivity index (χ0v) is 12.8. The first-order valence-electron chi connectivity index (χ1n) is 8.10. The van der Waals surface area contributed by atoms with Crippen molar-refractivity contribution in [2.75, 3.05) is 30.3 Å². The minimum atomic E-state index is -0.0936. The van der Waals surface area contributed by atoms with E-state index in [-0.39, 0.29) is 11.9 Å². The largest absolute Gasteiger partial charge is 0.399 e. The van der Waals surface area contributed by atoms with Gasteiger partial charge in [-0.15, -0.1) is 0 Å². The van der Waals surface area contributed by atoms with Crippen LogP contribution in [0.5, 0.6) is 0 Å². The van der Waals surface area contributed by atoms with E-state index in [1.165, 1.54) is 12.0 Å². The molecule has 0 saturated carbocycles. The Bertz CT molecular complexity index is 523. The summed E-state index contributed by atoms with van der Waals surface area (Å²) >= 11 is 0. The van der Waals surface area contributed by atoms with Gasteiger partial charge < -0.3 is 15.5 Å². The number of fused-ring (bicyclic) bond motifs is 1. The molecule has 2 aliphatic rings. The second kappa shape index (κ2) is 5.96. The standard InChI is InChI=1S/C17H25N3O/c1-13(17(21)19-9-3-2-4-10-19)20-11-5-6-14-7-8-15(18)12-16(14)20/h7-8,12-13H,2-6,9-11,18H2,1H3. The van der Waals surface area contributed by atoms with Crippen molar-refractivity contribution in [2.24, 2.45) is 0 Å². The molecular weight excluding hydrogens is 262 g/mol. The van der Waals surface area contributed by atoms with Crippen LogP contribution in [0.15, 0.2) is 18.2 Å². The highest BCUT2D eigenvalue weighted by Gasteiger charge is 2.29. The predicted octanol–water partition coefficient (Wildman–Crippen LogP) is 2.42. The maximum absolute atomic E-state index is 12.7. The highest BCUT2D eigenvalue weighted by molar-refractivity contribution is 5.86.